The molecule has 2 aromatic carbocycles. The largest absolute Gasteiger partial charge is 0.325 e. The molecule has 0 aliphatic rings. The summed E-state index contributed by atoms with van der Waals surface area (Å²) in [6, 6.07) is 13.4. The summed E-state index contributed by atoms with van der Waals surface area (Å²) in [5.74, 6) is 2.09. The van der Waals surface area contributed by atoms with E-state index in [2.05, 4.69) is 15.5 Å². The van der Waals surface area contributed by atoms with Crippen LogP contribution in [0.25, 0.3) is 0 Å². The van der Waals surface area contributed by atoms with Crippen LogP contribution in [-0.4, -0.2) is 26.4 Å². The number of carbonyl (C=O) groups is 1. The minimum atomic E-state index is -0.340. The Morgan fingerprint density at radius 3 is 2.54 bits per heavy atom. The van der Waals surface area contributed by atoms with E-state index in [0.717, 1.165) is 16.6 Å². The first-order chi connectivity index (χ1) is 13.5. The topological polar surface area (TPSA) is 59.8 Å². The predicted molar refractivity (Wildman–Crippen MR) is 113 cm³/mol. The Labute approximate surface area is 176 Å². The fourth-order valence-corrected chi connectivity index (χ4v) is 4.12. The molecule has 5 nitrogen and oxygen atoms in total. The maximum Gasteiger partial charge on any atom is 0.234 e. The normalized spacial score (nSPS) is 10.8. The SMILES string of the molecule is Cn1c(CSCc2ccc(Cl)cc2)nnc1SCC(=O)Nc1ccc(F)cc1. The molecular formula is C19H18ClFN4OS2. The van der Waals surface area contributed by atoms with Crippen molar-refractivity contribution in [2.24, 2.45) is 7.05 Å². The molecule has 0 saturated heterocycles. The monoisotopic (exact) mass is 436 g/mol. The molecule has 0 aliphatic carbocycles. The van der Waals surface area contributed by atoms with E-state index in [1.54, 1.807) is 11.8 Å². The summed E-state index contributed by atoms with van der Waals surface area (Å²) >= 11 is 8.94. The maximum atomic E-state index is 12.9. The number of halogens is 2. The third kappa shape index (κ3) is 5.98. The van der Waals surface area contributed by atoms with Gasteiger partial charge in [-0.1, -0.05) is 35.5 Å². The molecule has 0 spiro atoms. The van der Waals surface area contributed by atoms with Gasteiger partial charge >= 0.3 is 0 Å². The van der Waals surface area contributed by atoms with Crippen molar-refractivity contribution >= 4 is 46.7 Å². The zero-order valence-electron chi connectivity index (χ0n) is 15.1. The van der Waals surface area contributed by atoms with E-state index in [1.165, 1.54) is 41.6 Å². The number of amides is 1. The van der Waals surface area contributed by atoms with Gasteiger partial charge in [0.2, 0.25) is 5.91 Å². The van der Waals surface area contributed by atoms with E-state index in [0.29, 0.717) is 16.6 Å². The zero-order chi connectivity index (χ0) is 19.9. The van der Waals surface area contributed by atoms with E-state index >= 15 is 0 Å². The van der Waals surface area contributed by atoms with Crippen molar-refractivity contribution in [3.05, 3.63) is 70.8 Å². The van der Waals surface area contributed by atoms with Gasteiger partial charge in [-0.15, -0.1) is 22.0 Å². The first kappa shape index (κ1) is 20.7. The molecule has 1 aromatic heterocycles. The van der Waals surface area contributed by atoms with Gasteiger partial charge in [0.1, 0.15) is 11.6 Å². The molecular weight excluding hydrogens is 419 g/mol. The Kier molecular flexibility index (Phi) is 7.36. The molecule has 1 amide bonds. The smallest absolute Gasteiger partial charge is 0.234 e. The molecule has 0 bridgehead atoms. The molecule has 1 heterocycles. The van der Waals surface area contributed by atoms with Gasteiger partial charge in [-0.25, -0.2) is 4.39 Å². The van der Waals surface area contributed by atoms with Gasteiger partial charge in [-0.2, -0.15) is 0 Å². The molecule has 1 N–H and O–H groups in total. The average molecular weight is 437 g/mol. The van der Waals surface area contributed by atoms with E-state index in [-0.39, 0.29) is 17.5 Å². The summed E-state index contributed by atoms with van der Waals surface area (Å²) < 4.78 is 14.8. The summed E-state index contributed by atoms with van der Waals surface area (Å²) in [4.78, 5) is 12.0. The lowest BCUT2D eigenvalue weighted by Gasteiger charge is -2.06. The van der Waals surface area contributed by atoms with Gasteiger partial charge in [0.15, 0.2) is 5.16 Å². The average Bonchev–Trinajstić information content (AvgIpc) is 3.03. The number of hydrogen-bond acceptors (Lipinski definition) is 5. The number of carbonyl (C=O) groups excluding carboxylic acids is 1. The highest BCUT2D eigenvalue weighted by molar-refractivity contribution is 7.99. The van der Waals surface area contributed by atoms with Crippen molar-refractivity contribution in [2.45, 2.75) is 16.7 Å². The number of benzene rings is 2. The molecule has 0 fully saturated rings. The van der Waals surface area contributed by atoms with Crippen LogP contribution in [0.2, 0.25) is 5.02 Å². The fraction of sp³-hybridized carbons (Fsp3) is 0.211. The molecule has 3 aromatic rings. The third-order valence-electron chi connectivity index (χ3n) is 3.80. The molecule has 28 heavy (non-hydrogen) atoms. The summed E-state index contributed by atoms with van der Waals surface area (Å²) in [5, 5.41) is 12.5. The Hall–Kier alpha value is -2.03. The second-order valence-corrected chi connectivity index (χ2v) is 8.29. The van der Waals surface area contributed by atoms with E-state index in [9.17, 15) is 9.18 Å². The Morgan fingerprint density at radius 1 is 1.11 bits per heavy atom. The minimum absolute atomic E-state index is 0.182. The molecule has 9 heteroatoms. The summed E-state index contributed by atoms with van der Waals surface area (Å²) in [7, 11) is 1.89. The zero-order valence-corrected chi connectivity index (χ0v) is 17.5. The van der Waals surface area contributed by atoms with Crippen molar-refractivity contribution < 1.29 is 9.18 Å². The maximum absolute atomic E-state index is 12.9. The first-order valence-corrected chi connectivity index (χ1v) is 10.9. The van der Waals surface area contributed by atoms with Gasteiger partial charge in [0, 0.05) is 23.5 Å². The highest BCUT2D eigenvalue weighted by Crippen LogP contribution is 2.21. The lowest BCUT2D eigenvalue weighted by Crippen LogP contribution is -2.14. The second-order valence-electron chi connectivity index (χ2n) is 5.92. The van der Waals surface area contributed by atoms with E-state index < -0.39 is 0 Å². The summed E-state index contributed by atoms with van der Waals surface area (Å²) in [6.45, 7) is 0. The van der Waals surface area contributed by atoms with Crippen LogP contribution in [0.5, 0.6) is 0 Å². The number of nitrogens with one attached hydrogen (secondary N) is 1. The minimum Gasteiger partial charge on any atom is -0.325 e. The number of aromatic nitrogens is 3. The van der Waals surface area contributed by atoms with E-state index in [4.69, 9.17) is 11.6 Å². The van der Waals surface area contributed by atoms with Crippen LogP contribution < -0.4 is 5.32 Å². The summed E-state index contributed by atoms with van der Waals surface area (Å²) in [6.07, 6.45) is 0. The quantitative estimate of drug-likeness (QED) is 0.515. The number of rotatable bonds is 8. The van der Waals surface area contributed by atoms with Gasteiger partial charge in [-0.05, 0) is 42.0 Å². The second kappa shape index (κ2) is 9.95. The molecule has 0 unspecified atom stereocenters. The highest BCUT2D eigenvalue weighted by atomic mass is 35.5. The van der Waals surface area contributed by atoms with Crippen LogP contribution in [-0.2, 0) is 23.3 Å². The fourth-order valence-electron chi connectivity index (χ4n) is 2.30. The van der Waals surface area contributed by atoms with Crippen LogP contribution in [0.1, 0.15) is 11.4 Å². The predicted octanol–water partition coefficient (Wildman–Crippen LogP) is 4.77. The molecule has 0 aliphatic heterocycles. The number of thioether (sulfide) groups is 2. The van der Waals surface area contributed by atoms with Crippen LogP contribution in [0.3, 0.4) is 0 Å². The highest BCUT2D eigenvalue weighted by Gasteiger charge is 2.12. The van der Waals surface area contributed by atoms with E-state index in [1.807, 2.05) is 35.9 Å². The Balaban J connectivity index is 1.46. The summed E-state index contributed by atoms with van der Waals surface area (Å²) in [5.41, 5.74) is 1.76. The molecule has 3 rings (SSSR count). The lowest BCUT2D eigenvalue weighted by atomic mass is 10.2. The van der Waals surface area contributed by atoms with Crippen molar-refractivity contribution in [3.8, 4) is 0 Å². The van der Waals surface area contributed by atoms with Crippen molar-refractivity contribution in [3.63, 3.8) is 0 Å². The number of nitrogens with zero attached hydrogens (tertiary/aromatic N) is 3. The number of anilines is 1. The molecule has 0 atom stereocenters. The van der Waals surface area contributed by atoms with Crippen LogP contribution in [0.4, 0.5) is 10.1 Å². The number of hydrogen-bond donors (Lipinski definition) is 1. The van der Waals surface area contributed by atoms with Crippen molar-refractivity contribution in [1.29, 1.82) is 0 Å². The Morgan fingerprint density at radius 2 is 1.82 bits per heavy atom. The Bertz CT molecular complexity index is 932. The van der Waals surface area contributed by atoms with Crippen LogP contribution in [0.15, 0.2) is 53.7 Å². The van der Waals surface area contributed by atoms with Crippen LogP contribution in [0, 0.1) is 5.82 Å². The van der Waals surface area contributed by atoms with Gasteiger partial charge < -0.3 is 9.88 Å². The lowest BCUT2D eigenvalue weighted by molar-refractivity contribution is -0.113. The van der Waals surface area contributed by atoms with Gasteiger partial charge in [0.25, 0.3) is 0 Å². The first-order valence-electron chi connectivity index (χ1n) is 8.40. The van der Waals surface area contributed by atoms with Gasteiger partial charge in [0.05, 0.1) is 11.5 Å². The molecule has 0 saturated carbocycles. The standard InChI is InChI=1S/C19H18ClFN4OS2/c1-25-17(11-27-10-13-2-4-14(20)5-3-13)23-24-19(25)28-12-18(26)22-16-8-6-15(21)7-9-16/h2-9H,10-12H2,1H3,(H,22,26). The third-order valence-corrected chi connectivity index (χ3v) is 6.07. The molecule has 0 radical (unpaired) electrons. The molecule has 146 valence electrons. The van der Waals surface area contributed by atoms with Crippen molar-refractivity contribution in [1.82, 2.24) is 14.8 Å². The van der Waals surface area contributed by atoms with Gasteiger partial charge in [-0.3, -0.25) is 4.79 Å². The van der Waals surface area contributed by atoms with Crippen molar-refractivity contribution in [2.75, 3.05) is 11.1 Å². The van der Waals surface area contributed by atoms with Crippen LogP contribution >= 0.6 is 35.1 Å².